The Morgan fingerprint density at radius 2 is 2.07 bits per heavy atom. The second-order valence-corrected chi connectivity index (χ2v) is 7.36. The van der Waals surface area contributed by atoms with Crippen LogP contribution >= 0.6 is 15.9 Å². The quantitative estimate of drug-likeness (QED) is 0.798. The van der Waals surface area contributed by atoms with Crippen LogP contribution in [-0.4, -0.2) is 25.3 Å². The van der Waals surface area contributed by atoms with Crippen molar-refractivity contribution in [3.63, 3.8) is 0 Å². The average Bonchev–Trinajstić information content (AvgIpc) is 1.99. The number of benzene rings is 1. The molecule has 4 heteroatoms. The van der Waals surface area contributed by atoms with Gasteiger partial charge in [0, 0.05) is 11.1 Å². The summed E-state index contributed by atoms with van der Waals surface area (Å²) in [5, 5.41) is 0. The first kappa shape index (κ1) is 12.7. The highest BCUT2D eigenvalue weighted by atomic mass is 79.9. The Bertz CT molecular complexity index is 426. The van der Waals surface area contributed by atoms with Crippen molar-refractivity contribution in [2.24, 2.45) is 0 Å². The smallest absolute Gasteiger partial charge is 0.148 e. The molecule has 0 amide bonds. The molecule has 84 valence electrons. The largest absolute Gasteiger partial charge is 0.229 e. The van der Waals surface area contributed by atoms with Crippen molar-refractivity contribution in [3.8, 4) is 0 Å². The van der Waals surface area contributed by atoms with Crippen LogP contribution in [0.15, 0.2) is 24.3 Å². The van der Waals surface area contributed by atoms with Gasteiger partial charge in [-0.05, 0) is 18.9 Å². The number of hydrogen-bond acceptors (Lipinski definition) is 2. The maximum absolute atomic E-state index is 11.1. The maximum atomic E-state index is 11.1. The van der Waals surface area contributed by atoms with Crippen molar-refractivity contribution in [1.29, 1.82) is 0 Å². The minimum absolute atomic E-state index is 0.00528. The van der Waals surface area contributed by atoms with Crippen molar-refractivity contribution in [2.45, 2.75) is 18.2 Å². The first-order valence-electron chi connectivity index (χ1n) is 4.74. The first-order valence-corrected chi connectivity index (χ1v) is 7.72. The molecule has 0 aliphatic carbocycles. The molecule has 1 rings (SSSR count). The normalized spacial score (nSPS) is 13.8. The van der Waals surface area contributed by atoms with E-state index >= 15 is 0 Å². The summed E-state index contributed by atoms with van der Waals surface area (Å²) in [6.07, 6.45) is 2.01. The van der Waals surface area contributed by atoms with E-state index in [2.05, 4.69) is 22.0 Å². The summed E-state index contributed by atoms with van der Waals surface area (Å²) in [6, 6.07) is 8.12. The molecule has 1 unspecified atom stereocenters. The number of rotatable bonds is 4. The Labute approximate surface area is 99.7 Å². The Kier molecular flexibility index (Phi) is 4.34. The van der Waals surface area contributed by atoms with Crippen LogP contribution in [0.4, 0.5) is 0 Å². The molecule has 15 heavy (non-hydrogen) atoms. The standard InChI is InChI=1S/C11H15BrO2S/c1-9-4-3-5-10(6-9)7-11(12)8-15(2,13)14/h3-6,11H,7-8H2,1-2H3. The second kappa shape index (κ2) is 5.12. The van der Waals surface area contributed by atoms with Crippen molar-refractivity contribution in [3.05, 3.63) is 35.4 Å². The zero-order chi connectivity index (χ0) is 11.5. The summed E-state index contributed by atoms with van der Waals surface area (Å²) in [5.41, 5.74) is 2.37. The molecule has 0 aliphatic rings. The van der Waals surface area contributed by atoms with Gasteiger partial charge in [0.05, 0.1) is 5.75 Å². The van der Waals surface area contributed by atoms with Crippen LogP contribution in [0.5, 0.6) is 0 Å². The van der Waals surface area contributed by atoms with Gasteiger partial charge in [0.2, 0.25) is 0 Å². The lowest BCUT2D eigenvalue weighted by Crippen LogP contribution is -2.16. The molecule has 1 atom stereocenters. The van der Waals surface area contributed by atoms with Crippen LogP contribution in [0.25, 0.3) is 0 Å². The van der Waals surface area contributed by atoms with Gasteiger partial charge in [0.15, 0.2) is 0 Å². The molecule has 1 aromatic rings. The molecular formula is C11H15BrO2S. The van der Waals surface area contributed by atoms with Crippen molar-refractivity contribution in [2.75, 3.05) is 12.0 Å². The van der Waals surface area contributed by atoms with Gasteiger partial charge >= 0.3 is 0 Å². The number of aryl methyl sites for hydroxylation is 1. The Hall–Kier alpha value is -0.350. The third-order valence-corrected chi connectivity index (χ3v) is 4.11. The fourth-order valence-electron chi connectivity index (χ4n) is 1.48. The average molecular weight is 291 g/mol. The molecule has 2 nitrogen and oxygen atoms in total. The zero-order valence-corrected chi connectivity index (χ0v) is 11.3. The van der Waals surface area contributed by atoms with Gasteiger partial charge in [0.25, 0.3) is 0 Å². The van der Waals surface area contributed by atoms with E-state index in [1.807, 2.05) is 25.1 Å². The molecule has 0 saturated heterocycles. The van der Waals surface area contributed by atoms with Crippen LogP contribution in [0.1, 0.15) is 11.1 Å². The van der Waals surface area contributed by atoms with Gasteiger partial charge in [-0.25, -0.2) is 8.42 Å². The van der Waals surface area contributed by atoms with Crippen molar-refractivity contribution in [1.82, 2.24) is 0 Å². The molecular weight excluding hydrogens is 276 g/mol. The number of alkyl halides is 1. The zero-order valence-electron chi connectivity index (χ0n) is 8.90. The number of sulfone groups is 1. The van der Waals surface area contributed by atoms with Gasteiger partial charge in [0.1, 0.15) is 9.84 Å². The molecule has 0 spiro atoms. The van der Waals surface area contributed by atoms with Gasteiger partial charge in [-0.15, -0.1) is 0 Å². The van der Waals surface area contributed by atoms with Gasteiger partial charge in [-0.3, -0.25) is 0 Å². The third kappa shape index (κ3) is 5.33. The van der Waals surface area contributed by atoms with E-state index < -0.39 is 9.84 Å². The highest BCUT2D eigenvalue weighted by Crippen LogP contribution is 2.13. The third-order valence-electron chi connectivity index (χ3n) is 2.02. The lowest BCUT2D eigenvalue weighted by atomic mass is 10.1. The van der Waals surface area contributed by atoms with Gasteiger partial charge < -0.3 is 0 Å². The van der Waals surface area contributed by atoms with E-state index in [0.717, 1.165) is 6.42 Å². The molecule has 0 fully saturated rings. The molecule has 1 aromatic carbocycles. The van der Waals surface area contributed by atoms with E-state index in [1.54, 1.807) is 0 Å². The highest BCUT2D eigenvalue weighted by Gasteiger charge is 2.12. The molecule has 0 saturated carbocycles. The topological polar surface area (TPSA) is 34.1 Å². The summed E-state index contributed by atoms with van der Waals surface area (Å²) >= 11 is 3.40. The van der Waals surface area contributed by atoms with Crippen LogP contribution in [0.3, 0.4) is 0 Å². The molecule has 0 heterocycles. The maximum Gasteiger partial charge on any atom is 0.148 e. The van der Waals surface area contributed by atoms with E-state index in [4.69, 9.17) is 0 Å². The van der Waals surface area contributed by atoms with Gasteiger partial charge in [-0.1, -0.05) is 45.8 Å². The summed E-state index contributed by atoms with van der Waals surface area (Å²) in [7, 11) is -2.90. The van der Waals surface area contributed by atoms with Crippen molar-refractivity contribution >= 4 is 25.8 Å². The predicted molar refractivity (Wildman–Crippen MR) is 67.3 cm³/mol. The van der Waals surface area contributed by atoms with Crippen LogP contribution < -0.4 is 0 Å². The summed E-state index contributed by atoms with van der Waals surface area (Å²) in [6.45, 7) is 2.03. The summed E-state index contributed by atoms with van der Waals surface area (Å²) in [5.74, 6) is 0.181. The lowest BCUT2D eigenvalue weighted by Gasteiger charge is -2.08. The summed E-state index contributed by atoms with van der Waals surface area (Å²) < 4.78 is 22.1. The highest BCUT2D eigenvalue weighted by molar-refractivity contribution is 9.09. The van der Waals surface area contributed by atoms with E-state index in [-0.39, 0.29) is 10.6 Å². The molecule has 0 radical (unpaired) electrons. The van der Waals surface area contributed by atoms with E-state index in [0.29, 0.717) is 0 Å². The Morgan fingerprint density at radius 1 is 1.40 bits per heavy atom. The number of hydrogen-bond donors (Lipinski definition) is 0. The Balaban J connectivity index is 2.63. The van der Waals surface area contributed by atoms with E-state index in [9.17, 15) is 8.42 Å². The molecule has 0 aliphatic heterocycles. The fraction of sp³-hybridized carbons (Fsp3) is 0.455. The molecule has 0 bridgehead atoms. The minimum atomic E-state index is -2.90. The Morgan fingerprint density at radius 3 is 2.60 bits per heavy atom. The number of halogens is 1. The lowest BCUT2D eigenvalue weighted by molar-refractivity contribution is 0.600. The van der Waals surface area contributed by atoms with E-state index in [1.165, 1.54) is 17.4 Å². The first-order chi connectivity index (χ1) is 6.87. The second-order valence-electron chi connectivity index (χ2n) is 3.88. The van der Waals surface area contributed by atoms with Crippen LogP contribution in [-0.2, 0) is 16.3 Å². The van der Waals surface area contributed by atoms with Crippen molar-refractivity contribution < 1.29 is 8.42 Å². The summed E-state index contributed by atoms with van der Waals surface area (Å²) in [4.78, 5) is -0.00528. The fourth-order valence-corrected chi connectivity index (χ4v) is 4.07. The SMILES string of the molecule is Cc1cccc(CC(Br)CS(C)(=O)=O)c1. The van der Waals surface area contributed by atoms with Crippen LogP contribution in [0.2, 0.25) is 0 Å². The molecule has 0 N–H and O–H groups in total. The van der Waals surface area contributed by atoms with Gasteiger partial charge in [-0.2, -0.15) is 0 Å². The molecule has 0 aromatic heterocycles. The predicted octanol–water partition coefficient (Wildman–Crippen LogP) is 2.35. The van der Waals surface area contributed by atoms with Crippen LogP contribution in [0, 0.1) is 6.92 Å². The minimum Gasteiger partial charge on any atom is -0.229 e. The monoisotopic (exact) mass is 290 g/mol.